The molecule has 0 amide bonds. The molecule has 3 rings (SSSR count). The number of nitrogens with zero attached hydrogens (tertiary/aromatic N) is 1. The summed E-state index contributed by atoms with van der Waals surface area (Å²) in [6.07, 6.45) is 2.38. The van der Waals surface area contributed by atoms with E-state index in [-0.39, 0.29) is 11.6 Å². The first-order valence-electron chi connectivity index (χ1n) is 6.01. The summed E-state index contributed by atoms with van der Waals surface area (Å²) < 4.78 is 5.83. The molecule has 92 valence electrons. The van der Waals surface area contributed by atoms with E-state index in [2.05, 4.69) is 11.9 Å². The van der Waals surface area contributed by atoms with Gasteiger partial charge in [-0.1, -0.05) is 17.7 Å². The van der Waals surface area contributed by atoms with Gasteiger partial charge in [0.2, 0.25) is 0 Å². The molecular weight excluding hydrogens is 236 g/mol. The Balaban J connectivity index is 1.73. The quantitative estimate of drug-likeness (QED) is 0.894. The first kappa shape index (κ1) is 11.3. The zero-order valence-electron chi connectivity index (χ0n) is 9.95. The van der Waals surface area contributed by atoms with E-state index in [1.54, 1.807) is 0 Å². The van der Waals surface area contributed by atoms with Crippen molar-refractivity contribution in [3.05, 3.63) is 28.8 Å². The maximum Gasteiger partial charge on any atom is 0.138 e. The van der Waals surface area contributed by atoms with Crippen LogP contribution in [0.5, 0.6) is 5.75 Å². The number of nitrogens with two attached hydrogens (primary N) is 1. The molecule has 2 N–H and O–H groups in total. The predicted octanol–water partition coefficient (Wildman–Crippen LogP) is 1.98. The van der Waals surface area contributed by atoms with Gasteiger partial charge in [0.15, 0.2) is 0 Å². The second kappa shape index (κ2) is 3.87. The highest BCUT2D eigenvalue weighted by Crippen LogP contribution is 2.44. The highest BCUT2D eigenvalue weighted by atomic mass is 35.5. The molecule has 1 aromatic rings. The van der Waals surface area contributed by atoms with Gasteiger partial charge in [-0.2, -0.15) is 0 Å². The third-order valence-electron chi connectivity index (χ3n) is 3.62. The van der Waals surface area contributed by atoms with E-state index in [1.165, 1.54) is 0 Å². The number of likely N-dealkylation sites (tertiary alicyclic amines) is 1. The molecule has 2 aliphatic rings. The van der Waals surface area contributed by atoms with Crippen LogP contribution in [0.2, 0.25) is 5.02 Å². The molecule has 0 radical (unpaired) electrons. The zero-order valence-corrected chi connectivity index (χ0v) is 10.7. The summed E-state index contributed by atoms with van der Waals surface area (Å²) in [5.74, 6) is 0.776. The van der Waals surface area contributed by atoms with Gasteiger partial charge in [0.1, 0.15) is 11.9 Å². The molecule has 1 aliphatic carbocycles. The van der Waals surface area contributed by atoms with Crippen LogP contribution < -0.4 is 10.5 Å². The van der Waals surface area contributed by atoms with Gasteiger partial charge in [-0.25, -0.2) is 0 Å². The van der Waals surface area contributed by atoms with Gasteiger partial charge < -0.3 is 10.5 Å². The Morgan fingerprint density at radius 2 is 2.12 bits per heavy atom. The molecule has 1 heterocycles. The topological polar surface area (TPSA) is 38.5 Å². The molecule has 1 aliphatic heterocycles. The lowest BCUT2D eigenvalue weighted by Crippen LogP contribution is -2.51. The summed E-state index contributed by atoms with van der Waals surface area (Å²) in [7, 11) is 2.08. The molecule has 0 bridgehead atoms. The van der Waals surface area contributed by atoms with Crippen LogP contribution in [0.1, 0.15) is 18.4 Å². The number of halogens is 1. The lowest BCUT2D eigenvalue weighted by Gasteiger charge is -2.36. The average Bonchev–Trinajstić information content (AvgIpc) is 2.98. The molecule has 0 unspecified atom stereocenters. The van der Waals surface area contributed by atoms with E-state index in [0.29, 0.717) is 5.02 Å². The fourth-order valence-electron chi connectivity index (χ4n) is 2.23. The fourth-order valence-corrected chi connectivity index (χ4v) is 2.45. The third kappa shape index (κ3) is 2.15. The van der Waals surface area contributed by atoms with Gasteiger partial charge in [-0.3, -0.25) is 4.90 Å². The van der Waals surface area contributed by atoms with E-state index in [4.69, 9.17) is 22.1 Å². The van der Waals surface area contributed by atoms with Gasteiger partial charge >= 0.3 is 0 Å². The number of benzene rings is 1. The smallest absolute Gasteiger partial charge is 0.138 e. The molecule has 1 saturated heterocycles. The lowest BCUT2D eigenvalue weighted by atomic mass is 10.1. The average molecular weight is 253 g/mol. The van der Waals surface area contributed by atoms with E-state index in [9.17, 15) is 0 Å². The number of hydrogen-bond acceptors (Lipinski definition) is 3. The summed E-state index contributed by atoms with van der Waals surface area (Å²) in [5, 5.41) is 0.675. The van der Waals surface area contributed by atoms with Crippen LogP contribution in [-0.4, -0.2) is 31.1 Å². The number of likely N-dealkylation sites (N-methyl/N-ethyl adjacent to an activating group) is 1. The van der Waals surface area contributed by atoms with Crippen LogP contribution >= 0.6 is 11.6 Å². The maximum atomic E-state index is 6.23. The minimum atomic E-state index is -0.126. The van der Waals surface area contributed by atoms with Gasteiger partial charge in [0, 0.05) is 18.6 Å². The Morgan fingerprint density at radius 3 is 2.65 bits per heavy atom. The van der Waals surface area contributed by atoms with Crippen molar-refractivity contribution < 1.29 is 4.74 Å². The second-order valence-electron chi connectivity index (χ2n) is 5.26. The van der Waals surface area contributed by atoms with Crippen molar-refractivity contribution in [3.63, 3.8) is 0 Å². The summed E-state index contributed by atoms with van der Waals surface area (Å²) in [6.45, 7) is 1.94. The number of ether oxygens (including phenoxy) is 1. The van der Waals surface area contributed by atoms with Crippen LogP contribution in [0.15, 0.2) is 18.2 Å². The first-order chi connectivity index (χ1) is 8.07. The Hall–Kier alpha value is -0.770. The van der Waals surface area contributed by atoms with Gasteiger partial charge in [0.25, 0.3) is 0 Å². The van der Waals surface area contributed by atoms with Crippen LogP contribution in [0, 0.1) is 0 Å². The standard InChI is InChI=1S/C13H17ClN2O/c1-16-7-10(8-16)17-12-3-2-9(6-11(12)14)13(15)4-5-13/h2-3,6,10H,4-5,7-8,15H2,1H3. The van der Waals surface area contributed by atoms with Crippen molar-refractivity contribution in [3.8, 4) is 5.75 Å². The van der Waals surface area contributed by atoms with Gasteiger partial charge in [-0.15, -0.1) is 0 Å². The van der Waals surface area contributed by atoms with Gasteiger partial charge in [0.05, 0.1) is 5.02 Å². The van der Waals surface area contributed by atoms with Crippen molar-refractivity contribution >= 4 is 11.6 Å². The molecule has 0 atom stereocenters. The number of rotatable bonds is 3. The van der Waals surface area contributed by atoms with E-state index < -0.39 is 0 Å². The second-order valence-corrected chi connectivity index (χ2v) is 5.67. The Kier molecular flexibility index (Phi) is 2.58. The minimum absolute atomic E-state index is 0.126. The van der Waals surface area contributed by atoms with Crippen molar-refractivity contribution in [2.45, 2.75) is 24.5 Å². The molecular formula is C13H17ClN2O. The van der Waals surface area contributed by atoms with Crippen LogP contribution in [-0.2, 0) is 5.54 Å². The zero-order chi connectivity index (χ0) is 12.0. The van der Waals surface area contributed by atoms with Gasteiger partial charge in [-0.05, 0) is 37.6 Å². The monoisotopic (exact) mass is 252 g/mol. The molecule has 2 fully saturated rings. The molecule has 1 saturated carbocycles. The molecule has 0 spiro atoms. The van der Waals surface area contributed by atoms with Crippen molar-refractivity contribution in [2.75, 3.05) is 20.1 Å². The maximum absolute atomic E-state index is 6.23. The summed E-state index contributed by atoms with van der Waals surface area (Å²) >= 11 is 6.23. The highest BCUT2D eigenvalue weighted by Gasteiger charge is 2.40. The summed E-state index contributed by atoms with van der Waals surface area (Å²) in [5.41, 5.74) is 7.14. The van der Waals surface area contributed by atoms with Crippen LogP contribution in [0.25, 0.3) is 0 Å². The van der Waals surface area contributed by atoms with Crippen LogP contribution in [0.4, 0.5) is 0 Å². The molecule has 0 aromatic heterocycles. The first-order valence-corrected chi connectivity index (χ1v) is 6.39. The Bertz CT molecular complexity index is 439. The third-order valence-corrected chi connectivity index (χ3v) is 3.92. The number of hydrogen-bond donors (Lipinski definition) is 1. The molecule has 3 nitrogen and oxygen atoms in total. The van der Waals surface area contributed by atoms with Crippen LogP contribution in [0.3, 0.4) is 0 Å². The highest BCUT2D eigenvalue weighted by molar-refractivity contribution is 6.32. The van der Waals surface area contributed by atoms with E-state index in [0.717, 1.165) is 37.2 Å². The molecule has 1 aromatic carbocycles. The fraction of sp³-hybridized carbons (Fsp3) is 0.538. The van der Waals surface area contributed by atoms with E-state index in [1.807, 2.05) is 18.2 Å². The predicted molar refractivity (Wildman–Crippen MR) is 68.5 cm³/mol. The summed E-state index contributed by atoms with van der Waals surface area (Å²) in [4.78, 5) is 2.21. The summed E-state index contributed by atoms with van der Waals surface area (Å²) in [6, 6.07) is 5.94. The lowest BCUT2D eigenvalue weighted by molar-refractivity contribution is 0.0389. The Morgan fingerprint density at radius 1 is 1.41 bits per heavy atom. The van der Waals surface area contributed by atoms with Crippen molar-refractivity contribution in [2.24, 2.45) is 5.73 Å². The van der Waals surface area contributed by atoms with Crippen molar-refractivity contribution in [1.29, 1.82) is 0 Å². The largest absolute Gasteiger partial charge is 0.486 e. The Labute approximate surface area is 106 Å². The molecule has 4 heteroatoms. The van der Waals surface area contributed by atoms with Crippen molar-refractivity contribution in [1.82, 2.24) is 4.90 Å². The SMILES string of the molecule is CN1CC(Oc2ccc(C3(N)CC3)cc2Cl)C1. The normalized spacial score (nSPS) is 23.2. The molecule has 17 heavy (non-hydrogen) atoms. The minimum Gasteiger partial charge on any atom is -0.486 e. The van der Waals surface area contributed by atoms with E-state index >= 15 is 0 Å².